The lowest BCUT2D eigenvalue weighted by molar-refractivity contribution is 0.0354. The Bertz CT molecular complexity index is 859. The number of nitrogens with one attached hydrogen (secondary N) is 1. The summed E-state index contributed by atoms with van der Waals surface area (Å²) >= 11 is 6.01. The molecule has 0 spiro atoms. The molecule has 4 rings (SSSR count). The molecule has 0 bridgehead atoms. The van der Waals surface area contributed by atoms with E-state index >= 15 is 0 Å². The van der Waals surface area contributed by atoms with E-state index in [0.717, 1.165) is 24.0 Å². The number of pyridine rings is 1. The average Bonchev–Trinajstić information content (AvgIpc) is 3.57. The van der Waals surface area contributed by atoms with E-state index in [9.17, 15) is 9.90 Å². The second-order valence-electron chi connectivity index (χ2n) is 8.15. The molecule has 1 amide bonds. The number of aliphatic hydroxyl groups is 1. The van der Waals surface area contributed by atoms with Crippen LogP contribution in [-0.4, -0.2) is 34.8 Å². The fourth-order valence-corrected chi connectivity index (χ4v) is 3.35. The minimum absolute atomic E-state index is 0.229. The van der Waals surface area contributed by atoms with Crippen LogP contribution in [0.5, 0.6) is 5.88 Å². The molecular formula is C22H25ClN2O3. The number of amides is 1. The van der Waals surface area contributed by atoms with Gasteiger partial charge in [-0.05, 0) is 68.2 Å². The fourth-order valence-electron chi connectivity index (χ4n) is 3.22. The Morgan fingerprint density at radius 3 is 2.64 bits per heavy atom. The summed E-state index contributed by atoms with van der Waals surface area (Å²) < 4.78 is 5.92. The zero-order valence-corrected chi connectivity index (χ0v) is 16.7. The number of halogens is 1. The molecule has 2 saturated carbocycles. The molecule has 0 unspecified atom stereocenters. The van der Waals surface area contributed by atoms with Gasteiger partial charge in [0.1, 0.15) is 0 Å². The first-order chi connectivity index (χ1) is 13.4. The summed E-state index contributed by atoms with van der Waals surface area (Å²) in [6, 6.07) is 9.19. The Balaban J connectivity index is 1.54. The van der Waals surface area contributed by atoms with E-state index in [1.54, 1.807) is 25.1 Å². The van der Waals surface area contributed by atoms with E-state index in [2.05, 4.69) is 10.3 Å². The van der Waals surface area contributed by atoms with Gasteiger partial charge < -0.3 is 15.2 Å². The summed E-state index contributed by atoms with van der Waals surface area (Å²) in [6.45, 7) is 2.65. The summed E-state index contributed by atoms with van der Waals surface area (Å²) in [4.78, 5) is 17.0. The van der Waals surface area contributed by atoms with Crippen molar-refractivity contribution in [1.29, 1.82) is 0 Å². The maximum Gasteiger partial charge on any atom is 0.252 e. The van der Waals surface area contributed by atoms with Gasteiger partial charge in [0.05, 0.1) is 17.8 Å². The average molecular weight is 401 g/mol. The van der Waals surface area contributed by atoms with Gasteiger partial charge in [-0.1, -0.05) is 23.7 Å². The molecule has 28 heavy (non-hydrogen) atoms. The van der Waals surface area contributed by atoms with E-state index < -0.39 is 5.60 Å². The molecule has 2 aromatic rings. The number of nitrogens with zero attached hydrogens (tertiary/aromatic N) is 1. The number of ether oxygens (including phenoxy) is 1. The monoisotopic (exact) mass is 400 g/mol. The normalized spacial score (nSPS) is 18.4. The van der Waals surface area contributed by atoms with Gasteiger partial charge in [0.25, 0.3) is 5.91 Å². The fraction of sp³-hybridized carbons (Fsp3) is 0.455. The zero-order valence-electron chi connectivity index (χ0n) is 16.0. The van der Waals surface area contributed by atoms with Crippen molar-refractivity contribution in [3.05, 3.63) is 47.1 Å². The van der Waals surface area contributed by atoms with Crippen molar-refractivity contribution in [2.75, 3.05) is 13.2 Å². The second-order valence-corrected chi connectivity index (χ2v) is 8.59. The molecule has 5 nitrogen and oxygen atoms in total. The van der Waals surface area contributed by atoms with E-state index in [4.69, 9.17) is 16.3 Å². The minimum atomic E-state index is -0.866. The Labute approximate surface area is 170 Å². The Morgan fingerprint density at radius 1 is 1.29 bits per heavy atom. The number of rotatable bonds is 8. The third-order valence-electron chi connectivity index (χ3n) is 5.48. The van der Waals surface area contributed by atoms with Crippen molar-refractivity contribution in [1.82, 2.24) is 10.3 Å². The first-order valence-corrected chi connectivity index (χ1v) is 10.2. The van der Waals surface area contributed by atoms with Crippen molar-refractivity contribution in [2.24, 2.45) is 11.8 Å². The lowest BCUT2D eigenvalue weighted by atomic mass is 10.0. The van der Waals surface area contributed by atoms with Crippen LogP contribution in [0.3, 0.4) is 0 Å². The highest BCUT2D eigenvalue weighted by molar-refractivity contribution is 6.30. The maximum absolute atomic E-state index is 12.6. The van der Waals surface area contributed by atoms with E-state index in [1.165, 1.54) is 19.0 Å². The van der Waals surface area contributed by atoms with Gasteiger partial charge in [0.2, 0.25) is 5.88 Å². The van der Waals surface area contributed by atoms with Crippen LogP contribution in [0.15, 0.2) is 36.5 Å². The molecule has 1 heterocycles. The molecule has 0 saturated heterocycles. The number of hydrogen-bond donors (Lipinski definition) is 2. The lowest BCUT2D eigenvalue weighted by Crippen LogP contribution is -2.42. The van der Waals surface area contributed by atoms with Gasteiger partial charge in [0.15, 0.2) is 0 Å². The second kappa shape index (κ2) is 7.72. The van der Waals surface area contributed by atoms with Crippen LogP contribution in [0.25, 0.3) is 11.1 Å². The summed E-state index contributed by atoms with van der Waals surface area (Å²) in [5, 5.41) is 13.9. The van der Waals surface area contributed by atoms with Crippen molar-refractivity contribution in [3.8, 4) is 17.0 Å². The van der Waals surface area contributed by atoms with Gasteiger partial charge >= 0.3 is 0 Å². The van der Waals surface area contributed by atoms with Crippen molar-refractivity contribution < 1.29 is 14.6 Å². The van der Waals surface area contributed by atoms with Crippen molar-refractivity contribution in [3.63, 3.8) is 0 Å². The van der Waals surface area contributed by atoms with Crippen molar-refractivity contribution in [2.45, 2.75) is 38.2 Å². The van der Waals surface area contributed by atoms with Crippen LogP contribution in [0.2, 0.25) is 5.02 Å². The summed E-state index contributed by atoms with van der Waals surface area (Å²) in [7, 11) is 0. The van der Waals surface area contributed by atoms with Gasteiger partial charge in [-0.3, -0.25) is 4.79 Å². The quantitative estimate of drug-likeness (QED) is 0.700. The molecule has 2 N–H and O–H groups in total. The van der Waals surface area contributed by atoms with Crippen LogP contribution in [0.4, 0.5) is 0 Å². The Morgan fingerprint density at radius 2 is 2.00 bits per heavy atom. The zero-order chi connectivity index (χ0) is 19.7. The molecule has 2 aliphatic rings. The molecular weight excluding hydrogens is 376 g/mol. The molecule has 0 aliphatic heterocycles. The molecule has 0 radical (unpaired) electrons. The van der Waals surface area contributed by atoms with Crippen LogP contribution >= 0.6 is 11.6 Å². The smallest absolute Gasteiger partial charge is 0.252 e. The highest BCUT2D eigenvalue weighted by Crippen LogP contribution is 2.39. The molecule has 148 valence electrons. The number of carbonyl (C=O) groups is 1. The van der Waals surface area contributed by atoms with Gasteiger partial charge in [-0.25, -0.2) is 4.98 Å². The molecule has 1 aromatic carbocycles. The Kier molecular flexibility index (Phi) is 5.30. The minimum Gasteiger partial charge on any atom is -0.477 e. The first kappa shape index (κ1) is 19.2. The number of benzene rings is 1. The first-order valence-electron chi connectivity index (χ1n) is 9.82. The van der Waals surface area contributed by atoms with Crippen LogP contribution < -0.4 is 10.1 Å². The molecule has 2 fully saturated rings. The highest BCUT2D eigenvalue weighted by atomic mass is 35.5. The number of carbonyl (C=O) groups excluding carboxylic acids is 1. The van der Waals surface area contributed by atoms with E-state index in [1.807, 2.05) is 12.1 Å². The molecule has 2 aliphatic carbocycles. The third-order valence-corrected chi connectivity index (χ3v) is 5.74. The highest BCUT2D eigenvalue weighted by Gasteiger charge is 2.40. The third kappa shape index (κ3) is 4.65. The van der Waals surface area contributed by atoms with Gasteiger partial charge in [-0.2, -0.15) is 0 Å². The predicted octanol–water partition coefficient (Wildman–Crippen LogP) is 4.08. The van der Waals surface area contributed by atoms with Gasteiger partial charge in [0, 0.05) is 23.3 Å². The predicted molar refractivity (Wildman–Crippen MR) is 109 cm³/mol. The van der Waals surface area contributed by atoms with Gasteiger partial charge in [-0.15, -0.1) is 0 Å². The van der Waals surface area contributed by atoms with E-state index in [0.29, 0.717) is 29.0 Å². The molecule has 6 heteroatoms. The number of aromatic nitrogens is 1. The maximum atomic E-state index is 12.6. The summed E-state index contributed by atoms with van der Waals surface area (Å²) in [6.07, 6.45) is 5.94. The summed E-state index contributed by atoms with van der Waals surface area (Å²) in [5.74, 6) is 1.15. The van der Waals surface area contributed by atoms with Crippen LogP contribution in [0, 0.1) is 11.8 Å². The molecule has 1 aromatic heterocycles. The lowest BCUT2D eigenvalue weighted by Gasteiger charge is -2.23. The van der Waals surface area contributed by atoms with E-state index in [-0.39, 0.29) is 18.4 Å². The summed E-state index contributed by atoms with van der Waals surface area (Å²) in [5.41, 5.74) is 1.23. The number of hydrogen-bond acceptors (Lipinski definition) is 4. The molecule has 1 atom stereocenters. The SMILES string of the molecule is C[C@@](O)(CNC(=O)c1cnc(OCC2CC2)c(-c2ccc(Cl)cc2)c1)C1CC1. The Hall–Kier alpha value is -2.11. The standard InChI is InChI=1S/C22H25ClN2O3/c1-22(27,17-6-7-17)13-25-20(26)16-10-19(15-4-8-18(23)9-5-15)21(24-11-16)28-12-14-2-3-14/h4-5,8-11,14,17,27H,2-3,6-7,12-13H2,1H3,(H,25,26)/t22-/m1/s1. The topological polar surface area (TPSA) is 71.5 Å². The van der Waals surface area contributed by atoms with Crippen LogP contribution in [0.1, 0.15) is 43.0 Å². The van der Waals surface area contributed by atoms with Crippen LogP contribution in [-0.2, 0) is 0 Å². The largest absolute Gasteiger partial charge is 0.477 e. The van der Waals surface area contributed by atoms with Crippen molar-refractivity contribution >= 4 is 17.5 Å².